The van der Waals surface area contributed by atoms with Gasteiger partial charge in [-0.2, -0.15) is 5.10 Å². The number of hydrogen-bond acceptors (Lipinski definition) is 4. The van der Waals surface area contributed by atoms with Crippen molar-refractivity contribution >= 4 is 21.2 Å². The van der Waals surface area contributed by atoms with E-state index < -0.39 is 10.0 Å². The van der Waals surface area contributed by atoms with Gasteiger partial charge in [0, 0.05) is 12.4 Å². The van der Waals surface area contributed by atoms with E-state index in [2.05, 4.69) is 9.82 Å². The maximum absolute atomic E-state index is 12.1. The quantitative estimate of drug-likeness (QED) is 0.756. The van der Waals surface area contributed by atoms with Gasteiger partial charge in [-0.25, -0.2) is 12.9 Å². The molecule has 0 spiro atoms. The molecule has 0 aliphatic carbocycles. The van der Waals surface area contributed by atoms with Gasteiger partial charge in [0.2, 0.25) is 10.0 Å². The minimum absolute atomic E-state index is 0.0915. The van der Waals surface area contributed by atoms with Crippen LogP contribution >= 0.6 is 0 Å². The molecule has 0 saturated heterocycles. The van der Waals surface area contributed by atoms with Crippen molar-refractivity contribution in [1.82, 2.24) is 9.61 Å². The van der Waals surface area contributed by atoms with Gasteiger partial charge in [0.05, 0.1) is 11.2 Å². The van der Waals surface area contributed by atoms with Crippen molar-refractivity contribution in [3.05, 3.63) is 60.9 Å². The molecule has 22 heavy (non-hydrogen) atoms. The third kappa shape index (κ3) is 3.56. The van der Waals surface area contributed by atoms with Gasteiger partial charge in [0.25, 0.3) is 0 Å². The summed E-state index contributed by atoms with van der Waals surface area (Å²) in [5.74, 6) is 0.533. The summed E-state index contributed by atoms with van der Waals surface area (Å²) < 4.78 is 33.7. The zero-order valence-electron chi connectivity index (χ0n) is 11.7. The first kappa shape index (κ1) is 14.4. The number of aromatic nitrogens is 2. The van der Waals surface area contributed by atoms with Gasteiger partial charge in [-0.15, -0.1) is 0 Å². The van der Waals surface area contributed by atoms with Crippen molar-refractivity contribution in [2.24, 2.45) is 0 Å². The van der Waals surface area contributed by atoms with Crippen molar-refractivity contribution in [3.8, 4) is 5.75 Å². The van der Waals surface area contributed by atoms with Crippen molar-refractivity contribution in [1.29, 1.82) is 0 Å². The van der Waals surface area contributed by atoms with Crippen molar-refractivity contribution in [2.75, 3.05) is 17.1 Å². The highest BCUT2D eigenvalue weighted by Gasteiger charge is 2.11. The van der Waals surface area contributed by atoms with Gasteiger partial charge < -0.3 is 4.74 Å². The Hall–Kier alpha value is -2.54. The number of nitrogens with one attached hydrogen (secondary N) is 1. The zero-order valence-corrected chi connectivity index (χ0v) is 12.5. The second kappa shape index (κ2) is 6.07. The lowest BCUT2D eigenvalue weighted by Crippen LogP contribution is -2.21. The monoisotopic (exact) mass is 317 g/mol. The minimum Gasteiger partial charge on any atom is -0.492 e. The molecule has 0 atom stereocenters. The Labute approximate surface area is 128 Å². The van der Waals surface area contributed by atoms with E-state index in [9.17, 15) is 8.42 Å². The molecule has 3 aromatic rings. The molecule has 0 unspecified atom stereocenters. The summed E-state index contributed by atoms with van der Waals surface area (Å²) in [6.07, 6.45) is 3.36. The summed E-state index contributed by atoms with van der Waals surface area (Å²) in [4.78, 5) is 0. The molecule has 1 N–H and O–H groups in total. The third-order valence-electron chi connectivity index (χ3n) is 3.04. The van der Waals surface area contributed by atoms with Crippen LogP contribution in [0.2, 0.25) is 0 Å². The highest BCUT2D eigenvalue weighted by molar-refractivity contribution is 7.92. The first-order chi connectivity index (χ1) is 10.6. The molecule has 0 amide bonds. The third-order valence-corrected chi connectivity index (χ3v) is 4.29. The lowest BCUT2D eigenvalue weighted by molar-refractivity contribution is 0.341. The molecule has 0 bridgehead atoms. The highest BCUT2D eigenvalue weighted by atomic mass is 32.2. The van der Waals surface area contributed by atoms with Crippen molar-refractivity contribution in [3.63, 3.8) is 0 Å². The number of hydrogen-bond donors (Lipinski definition) is 1. The maximum atomic E-state index is 12.1. The molecule has 3 rings (SSSR count). The van der Waals surface area contributed by atoms with E-state index in [1.807, 2.05) is 18.2 Å². The van der Waals surface area contributed by atoms with Gasteiger partial charge in [0.1, 0.15) is 18.1 Å². The maximum Gasteiger partial charge on any atom is 0.236 e. The Balaban J connectivity index is 1.60. The summed E-state index contributed by atoms with van der Waals surface area (Å²) in [7, 11) is -3.46. The van der Waals surface area contributed by atoms with E-state index in [-0.39, 0.29) is 12.4 Å². The molecule has 0 fully saturated rings. The van der Waals surface area contributed by atoms with Crippen molar-refractivity contribution < 1.29 is 13.2 Å². The van der Waals surface area contributed by atoms with Crippen molar-refractivity contribution in [2.45, 2.75) is 0 Å². The molecule has 0 aliphatic rings. The van der Waals surface area contributed by atoms with Gasteiger partial charge in [0.15, 0.2) is 0 Å². The van der Waals surface area contributed by atoms with Crippen LogP contribution < -0.4 is 9.46 Å². The summed E-state index contributed by atoms with van der Waals surface area (Å²) in [5, 5.41) is 4.06. The minimum atomic E-state index is -3.46. The zero-order chi connectivity index (χ0) is 15.4. The molecule has 114 valence electrons. The van der Waals surface area contributed by atoms with Gasteiger partial charge >= 0.3 is 0 Å². The molecule has 1 aromatic carbocycles. The van der Waals surface area contributed by atoms with E-state index in [0.29, 0.717) is 11.4 Å². The summed E-state index contributed by atoms with van der Waals surface area (Å²) in [6, 6.07) is 14.3. The largest absolute Gasteiger partial charge is 0.492 e. The van der Waals surface area contributed by atoms with Crippen LogP contribution in [0.4, 0.5) is 5.69 Å². The van der Waals surface area contributed by atoms with Crippen LogP contribution in [0.3, 0.4) is 0 Å². The van der Waals surface area contributed by atoms with Crippen LogP contribution in [0.25, 0.3) is 5.52 Å². The summed E-state index contributed by atoms with van der Waals surface area (Å²) in [5.41, 5.74) is 1.33. The lowest BCUT2D eigenvalue weighted by atomic mass is 10.3. The van der Waals surface area contributed by atoms with E-state index in [4.69, 9.17) is 4.74 Å². The molecule has 0 aliphatic heterocycles. The highest BCUT2D eigenvalue weighted by Crippen LogP contribution is 2.13. The fourth-order valence-corrected chi connectivity index (χ4v) is 2.89. The SMILES string of the molecule is O=S(=O)(CCOc1ccccc1)Nc1ccn2nccc2c1. The Bertz CT molecular complexity index is 860. The van der Waals surface area contributed by atoms with E-state index in [1.54, 1.807) is 47.2 Å². The molecule has 2 heterocycles. The first-order valence-electron chi connectivity index (χ1n) is 6.74. The Kier molecular flexibility index (Phi) is 3.97. The predicted octanol–water partition coefficient (Wildman–Crippen LogP) is 2.16. The normalized spacial score (nSPS) is 11.5. The van der Waals surface area contributed by atoms with Crippen LogP contribution in [0.15, 0.2) is 60.9 Å². The number of sulfonamides is 1. The second-order valence-electron chi connectivity index (χ2n) is 4.70. The second-order valence-corrected chi connectivity index (χ2v) is 6.54. The smallest absolute Gasteiger partial charge is 0.236 e. The van der Waals surface area contributed by atoms with Crippen LogP contribution in [0, 0.1) is 0 Å². The number of anilines is 1. The summed E-state index contributed by atoms with van der Waals surface area (Å²) in [6.45, 7) is 0.0915. The fraction of sp³-hybridized carbons (Fsp3) is 0.133. The summed E-state index contributed by atoms with van der Waals surface area (Å²) >= 11 is 0. The Morgan fingerprint density at radius 2 is 1.95 bits per heavy atom. The van der Waals surface area contributed by atoms with Crippen LogP contribution in [0.1, 0.15) is 0 Å². The number of fused-ring (bicyclic) bond motifs is 1. The Morgan fingerprint density at radius 3 is 2.77 bits per heavy atom. The standard InChI is InChI=1S/C15H15N3O3S/c19-22(20,11-10-21-15-4-2-1-3-5-15)17-13-7-9-18-14(12-13)6-8-16-18/h1-9,12,17H,10-11H2. The van der Waals surface area contributed by atoms with Crippen LogP contribution in [0.5, 0.6) is 5.75 Å². The van der Waals surface area contributed by atoms with Gasteiger partial charge in [-0.05, 0) is 30.3 Å². The molecule has 7 heteroatoms. The van der Waals surface area contributed by atoms with E-state index >= 15 is 0 Å². The molecule has 0 saturated carbocycles. The fourth-order valence-electron chi connectivity index (χ4n) is 2.00. The number of pyridine rings is 1. The van der Waals surface area contributed by atoms with E-state index in [0.717, 1.165) is 5.52 Å². The van der Waals surface area contributed by atoms with Gasteiger partial charge in [-0.3, -0.25) is 4.72 Å². The lowest BCUT2D eigenvalue weighted by Gasteiger charge is -2.09. The Morgan fingerprint density at radius 1 is 1.14 bits per heavy atom. The average Bonchev–Trinajstić information content (AvgIpc) is 2.95. The molecule has 0 radical (unpaired) electrons. The molecular weight excluding hydrogens is 302 g/mol. The number of rotatable bonds is 6. The van der Waals surface area contributed by atoms with Gasteiger partial charge in [-0.1, -0.05) is 18.2 Å². The number of nitrogens with zero attached hydrogens (tertiary/aromatic N) is 2. The first-order valence-corrected chi connectivity index (χ1v) is 8.39. The molecule has 6 nitrogen and oxygen atoms in total. The average molecular weight is 317 g/mol. The van der Waals surface area contributed by atoms with Crippen LogP contribution in [-0.2, 0) is 10.0 Å². The van der Waals surface area contributed by atoms with Crippen LogP contribution in [-0.4, -0.2) is 30.4 Å². The van der Waals surface area contributed by atoms with E-state index in [1.165, 1.54) is 0 Å². The number of para-hydroxylation sites is 1. The number of benzene rings is 1. The topological polar surface area (TPSA) is 72.7 Å². The number of ether oxygens (including phenoxy) is 1. The molecule has 2 aromatic heterocycles. The molecular formula is C15H15N3O3S. The predicted molar refractivity (Wildman–Crippen MR) is 84.5 cm³/mol.